The Hall–Kier alpha value is -2.96. The van der Waals surface area contributed by atoms with Crippen molar-refractivity contribution in [3.05, 3.63) is 42.0 Å². The number of rotatable bonds is 4. The van der Waals surface area contributed by atoms with Gasteiger partial charge in [-0.15, -0.1) is 0 Å². The molecule has 1 aromatic carbocycles. The van der Waals surface area contributed by atoms with Gasteiger partial charge in [0.25, 0.3) is 0 Å². The van der Waals surface area contributed by atoms with E-state index in [2.05, 4.69) is 22.2 Å². The van der Waals surface area contributed by atoms with Crippen molar-refractivity contribution >= 4 is 29.4 Å². The first-order valence-corrected chi connectivity index (χ1v) is 9.51. The van der Waals surface area contributed by atoms with Gasteiger partial charge < -0.3 is 10.1 Å². The lowest BCUT2D eigenvalue weighted by Gasteiger charge is -2.37. The molecule has 7 heteroatoms. The fraction of sp³-hybridized carbons (Fsp3) is 0.429. The predicted octanol–water partition coefficient (Wildman–Crippen LogP) is 1.46. The largest absolute Gasteiger partial charge is 0.465 e. The molecule has 1 saturated heterocycles. The van der Waals surface area contributed by atoms with Crippen molar-refractivity contribution in [2.24, 2.45) is 35.5 Å². The average molecular weight is 380 g/mol. The van der Waals surface area contributed by atoms with E-state index in [9.17, 15) is 19.2 Å². The van der Waals surface area contributed by atoms with Crippen LogP contribution in [0.25, 0.3) is 0 Å². The van der Waals surface area contributed by atoms with Crippen LogP contribution in [0.3, 0.4) is 0 Å². The molecule has 5 aliphatic rings. The number of nitrogens with one attached hydrogen (secondary N) is 1. The third-order valence-electron chi connectivity index (χ3n) is 6.65. The maximum Gasteiger partial charge on any atom is 0.337 e. The number of esters is 1. The standard InChI is InChI=1S/C21H20N2O5/c1-28-21(27)10-2-4-11(5-3-10)22-16(24)9-23-19(25)17-12-6-7-13(15-8-14(12)15)18(17)20(23)26/h2-7,12-15,17-18H,8-9H2,1H3,(H,22,24)/t12-,13-,14-,15+,17-,18+/m0/s1. The minimum atomic E-state index is -0.463. The third kappa shape index (κ3) is 2.42. The summed E-state index contributed by atoms with van der Waals surface area (Å²) in [6, 6.07) is 6.24. The predicted molar refractivity (Wildman–Crippen MR) is 97.8 cm³/mol. The van der Waals surface area contributed by atoms with Gasteiger partial charge in [-0.25, -0.2) is 4.79 Å². The summed E-state index contributed by atoms with van der Waals surface area (Å²) < 4.78 is 4.64. The number of anilines is 1. The van der Waals surface area contributed by atoms with Crippen molar-refractivity contribution in [1.82, 2.24) is 4.90 Å². The van der Waals surface area contributed by atoms with Crippen LogP contribution in [0.2, 0.25) is 0 Å². The Balaban J connectivity index is 1.27. The molecular formula is C21H20N2O5. The van der Waals surface area contributed by atoms with E-state index in [4.69, 9.17) is 0 Å². The van der Waals surface area contributed by atoms with Crippen LogP contribution in [-0.2, 0) is 19.1 Å². The number of carbonyl (C=O) groups is 4. The minimum Gasteiger partial charge on any atom is -0.465 e. The van der Waals surface area contributed by atoms with Crippen molar-refractivity contribution in [3.63, 3.8) is 0 Å². The topological polar surface area (TPSA) is 92.8 Å². The highest BCUT2D eigenvalue weighted by Crippen LogP contribution is 2.65. The number of allylic oxidation sites excluding steroid dienone is 2. The summed E-state index contributed by atoms with van der Waals surface area (Å²) in [5, 5.41) is 2.68. The van der Waals surface area contributed by atoms with E-state index >= 15 is 0 Å². The number of methoxy groups -OCH3 is 1. The van der Waals surface area contributed by atoms with Gasteiger partial charge in [0.15, 0.2) is 0 Å². The first-order chi connectivity index (χ1) is 13.5. The fourth-order valence-electron chi connectivity index (χ4n) is 5.33. The highest BCUT2D eigenvalue weighted by Gasteiger charge is 2.67. The molecule has 1 aliphatic heterocycles. The number of carbonyl (C=O) groups excluding carboxylic acids is 4. The molecule has 1 aromatic rings. The van der Waals surface area contributed by atoms with E-state index in [0.717, 1.165) is 11.3 Å². The number of hydrogen-bond donors (Lipinski definition) is 1. The summed E-state index contributed by atoms with van der Waals surface area (Å²) in [5.74, 6) is -0.536. The molecule has 3 amide bonds. The smallest absolute Gasteiger partial charge is 0.337 e. The Kier molecular flexibility index (Phi) is 3.69. The van der Waals surface area contributed by atoms with Gasteiger partial charge in [-0.2, -0.15) is 0 Å². The Morgan fingerprint density at radius 2 is 1.61 bits per heavy atom. The molecule has 7 nitrogen and oxygen atoms in total. The number of amides is 3. The second-order valence-corrected chi connectivity index (χ2v) is 8.03. The molecule has 1 N–H and O–H groups in total. The van der Waals surface area contributed by atoms with Crippen molar-refractivity contribution in [2.75, 3.05) is 19.0 Å². The lowest BCUT2D eigenvalue weighted by Crippen LogP contribution is -2.40. The molecule has 4 aliphatic carbocycles. The lowest BCUT2D eigenvalue weighted by atomic mass is 9.63. The van der Waals surface area contributed by atoms with Crippen LogP contribution >= 0.6 is 0 Å². The van der Waals surface area contributed by atoms with Crippen LogP contribution < -0.4 is 5.32 Å². The van der Waals surface area contributed by atoms with E-state index in [0.29, 0.717) is 23.1 Å². The number of nitrogens with zero attached hydrogens (tertiary/aromatic N) is 1. The highest BCUT2D eigenvalue weighted by atomic mass is 16.5. The average Bonchev–Trinajstić information content (AvgIpc) is 3.49. The quantitative estimate of drug-likeness (QED) is 0.485. The lowest BCUT2D eigenvalue weighted by molar-refractivity contribution is -0.142. The molecule has 6 rings (SSSR count). The molecule has 3 fully saturated rings. The van der Waals surface area contributed by atoms with Gasteiger partial charge in [-0.05, 0) is 54.4 Å². The van der Waals surface area contributed by atoms with Crippen molar-refractivity contribution in [3.8, 4) is 0 Å². The van der Waals surface area contributed by atoms with Crippen LogP contribution in [0.4, 0.5) is 5.69 Å². The van der Waals surface area contributed by atoms with Gasteiger partial charge in [-0.1, -0.05) is 12.2 Å². The SMILES string of the molecule is COC(=O)c1ccc(NC(=O)CN2C(=O)[C@@H]3[C@H]4C=C[C@@H]([C@@H]5C[C@H]45)[C@@H]3C2=O)cc1. The molecule has 6 atom stereocenters. The first-order valence-electron chi connectivity index (χ1n) is 9.51. The first kappa shape index (κ1) is 17.2. The van der Waals surface area contributed by atoms with E-state index in [-0.39, 0.29) is 42.0 Å². The van der Waals surface area contributed by atoms with Crippen LogP contribution in [-0.4, -0.2) is 42.2 Å². The van der Waals surface area contributed by atoms with Crippen molar-refractivity contribution in [2.45, 2.75) is 6.42 Å². The van der Waals surface area contributed by atoms with Crippen LogP contribution in [0.1, 0.15) is 16.8 Å². The maximum absolute atomic E-state index is 12.9. The second-order valence-electron chi connectivity index (χ2n) is 8.03. The zero-order chi connectivity index (χ0) is 19.6. The summed E-state index contributed by atoms with van der Waals surface area (Å²) in [7, 11) is 1.30. The van der Waals surface area contributed by atoms with E-state index in [1.54, 1.807) is 12.1 Å². The van der Waals surface area contributed by atoms with E-state index in [1.165, 1.54) is 19.2 Å². The van der Waals surface area contributed by atoms with Gasteiger partial charge in [0, 0.05) is 5.69 Å². The summed E-state index contributed by atoms with van der Waals surface area (Å²) in [6.45, 7) is -0.280. The molecule has 0 aromatic heterocycles. The number of benzene rings is 1. The zero-order valence-corrected chi connectivity index (χ0v) is 15.3. The normalized spacial score (nSPS) is 34.1. The summed E-state index contributed by atoms with van der Waals surface area (Å²) in [5.41, 5.74) is 0.855. The van der Waals surface area contributed by atoms with E-state index < -0.39 is 11.9 Å². The van der Waals surface area contributed by atoms with Gasteiger partial charge >= 0.3 is 5.97 Å². The summed E-state index contributed by atoms with van der Waals surface area (Å²) in [6.07, 6.45) is 5.33. The molecular weight excluding hydrogens is 360 g/mol. The number of likely N-dealkylation sites (tertiary alicyclic amines) is 1. The molecule has 0 radical (unpaired) electrons. The van der Waals surface area contributed by atoms with Crippen molar-refractivity contribution in [1.29, 1.82) is 0 Å². The molecule has 1 heterocycles. The van der Waals surface area contributed by atoms with Gasteiger partial charge in [-0.3, -0.25) is 19.3 Å². The van der Waals surface area contributed by atoms with Crippen LogP contribution in [0, 0.1) is 35.5 Å². The summed E-state index contributed by atoms with van der Waals surface area (Å²) in [4.78, 5) is 50.8. The Bertz CT molecular complexity index is 885. The molecule has 144 valence electrons. The Morgan fingerprint density at radius 3 is 2.14 bits per heavy atom. The molecule has 0 unspecified atom stereocenters. The molecule has 0 spiro atoms. The maximum atomic E-state index is 12.9. The number of hydrogen-bond acceptors (Lipinski definition) is 5. The number of imide groups is 1. The zero-order valence-electron chi connectivity index (χ0n) is 15.3. The van der Waals surface area contributed by atoms with Gasteiger partial charge in [0.1, 0.15) is 6.54 Å². The van der Waals surface area contributed by atoms with E-state index in [1.807, 2.05) is 0 Å². The minimum absolute atomic E-state index is 0.148. The Labute approximate surface area is 161 Å². The number of ether oxygens (including phenoxy) is 1. The van der Waals surface area contributed by atoms with Crippen LogP contribution in [0.5, 0.6) is 0 Å². The molecule has 28 heavy (non-hydrogen) atoms. The summed E-state index contributed by atoms with van der Waals surface area (Å²) >= 11 is 0. The molecule has 2 bridgehead atoms. The molecule has 2 saturated carbocycles. The van der Waals surface area contributed by atoms with Gasteiger partial charge in [0.2, 0.25) is 17.7 Å². The van der Waals surface area contributed by atoms with Crippen LogP contribution in [0.15, 0.2) is 36.4 Å². The highest BCUT2D eigenvalue weighted by molar-refractivity contribution is 6.09. The second kappa shape index (κ2) is 6.02. The Morgan fingerprint density at radius 1 is 1.04 bits per heavy atom. The monoisotopic (exact) mass is 380 g/mol. The van der Waals surface area contributed by atoms with Crippen molar-refractivity contribution < 1.29 is 23.9 Å². The van der Waals surface area contributed by atoms with Gasteiger partial charge in [0.05, 0.1) is 24.5 Å². The fourth-order valence-corrected chi connectivity index (χ4v) is 5.33. The third-order valence-corrected chi connectivity index (χ3v) is 6.65.